The number of nitrogens with two attached hydrogens (primary N) is 1. The number of nitrogens with zero attached hydrogens (tertiary/aromatic N) is 1. The zero-order valence-corrected chi connectivity index (χ0v) is 15.5. The molecule has 26 heavy (non-hydrogen) atoms. The number of carbonyl (C=O) groups is 1. The lowest BCUT2D eigenvalue weighted by Crippen LogP contribution is -2.41. The van der Waals surface area contributed by atoms with Crippen LogP contribution in [0.15, 0.2) is 33.5 Å². The van der Waals surface area contributed by atoms with Crippen LogP contribution in [0.3, 0.4) is 0 Å². The Morgan fingerprint density at radius 2 is 1.88 bits per heavy atom. The van der Waals surface area contributed by atoms with E-state index in [-0.39, 0.29) is 23.6 Å². The summed E-state index contributed by atoms with van der Waals surface area (Å²) in [5.74, 6) is -0.367. The van der Waals surface area contributed by atoms with Gasteiger partial charge in [-0.15, -0.1) is 0 Å². The average molecular weight is 357 g/mol. The van der Waals surface area contributed by atoms with Crippen LogP contribution in [0, 0.1) is 0 Å². The Balaban J connectivity index is 1.83. The van der Waals surface area contributed by atoms with Crippen LogP contribution in [0.25, 0.3) is 11.0 Å². The average Bonchev–Trinajstić information content (AvgIpc) is 2.64. The molecule has 3 rings (SSSR count). The molecule has 0 aliphatic heterocycles. The van der Waals surface area contributed by atoms with Gasteiger partial charge in [0.25, 0.3) is 5.91 Å². The zero-order valence-electron chi connectivity index (χ0n) is 15.5. The standard InChI is InChI=1S/C20H27N3O3/c1-3-23(4-2)16-10-5-13-11-17(20(25)26-18(13)12-16)19(24)22-15-8-6-14(21)7-9-15/h5,10-12,14-15H,3-4,6-9,21H2,1-2H3,(H,22,24). The lowest BCUT2D eigenvalue weighted by Gasteiger charge is -2.26. The van der Waals surface area contributed by atoms with Crippen LogP contribution in [0.5, 0.6) is 0 Å². The summed E-state index contributed by atoms with van der Waals surface area (Å²) in [7, 11) is 0. The van der Waals surface area contributed by atoms with Crippen LogP contribution in [0.2, 0.25) is 0 Å². The molecular weight excluding hydrogens is 330 g/mol. The molecule has 3 N–H and O–H groups in total. The molecule has 1 aromatic heterocycles. The predicted molar refractivity (Wildman–Crippen MR) is 104 cm³/mol. The molecule has 0 unspecified atom stereocenters. The maximum Gasteiger partial charge on any atom is 0.349 e. The van der Waals surface area contributed by atoms with Crippen molar-refractivity contribution < 1.29 is 9.21 Å². The minimum atomic E-state index is -0.598. The van der Waals surface area contributed by atoms with Gasteiger partial charge in [0, 0.05) is 42.3 Å². The minimum absolute atomic E-state index is 0.0583. The molecule has 0 atom stereocenters. The molecule has 1 fully saturated rings. The number of fused-ring (bicyclic) bond motifs is 1. The van der Waals surface area contributed by atoms with Gasteiger partial charge in [-0.25, -0.2) is 4.79 Å². The highest BCUT2D eigenvalue weighted by Crippen LogP contribution is 2.22. The molecule has 6 heteroatoms. The van der Waals surface area contributed by atoms with Gasteiger partial charge < -0.3 is 20.4 Å². The first-order valence-corrected chi connectivity index (χ1v) is 9.41. The van der Waals surface area contributed by atoms with Crippen molar-refractivity contribution in [2.75, 3.05) is 18.0 Å². The zero-order chi connectivity index (χ0) is 18.7. The summed E-state index contributed by atoms with van der Waals surface area (Å²) in [4.78, 5) is 27.0. The number of hydrogen-bond donors (Lipinski definition) is 2. The molecular formula is C20H27N3O3. The van der Waals surface area contributed by atoms with Gasteiger partial charge in [0.05, 0.1) is 0 Å². The van der Waals surface area contributed by atoms with Crippen LogP contribution in [-0.2, 0) is 0 Å². The summed E-state index contributed by atoms with van der Waals surface area (Å²) in [6.45, 7) is 5.90. The second kappa shape index (κ2) is 7.91. The normalized spacial score (nSPS) is 20.1. The fraction of sp³-hybridized carbons (Fsp3) is 0.500. The van der Waals surface area contributed by atoms with Crippen LogP contribution in [0.4, 0.5) is 5.69 Å². The predicted octanol–water partition coefficient (Wildman–Crippen LogP) is 2.64. The molecule has 1 aliphatic carbocycles. The fourth-order valence-electron chi connectivity index (χ4n) is 3.57. The summed E-state index contributed by atoms with van der Waals surface area (Å²) in [5, 5.41) is 3.69. The minimum Gasteiger partial charge on any atom is -0.422 e. The van der Waals surface area contributed by atoms with Crippen molar-refractivity contribution in [3.8, 4) is 0 Å². The number of carbonyl (C=O) groups excluding carboxylic acids is 1. The molecule has 2 aromatic rings. The number of anilines is 1. The number of nitrogens with one attached hydrogen (secondary N) is 1. The van der Waals surface area contributed by atoms with Gasteiger partial charge in [-0.2, -0.15) is 0 Å². The van der Waals surface area contributed by atoms with E-state index in [0.29, 0.717) is 5.58 Å². The van der Waals surface area contributed by atoms with Gasteiger partial charge in [-0.1, -0.05) is 0 Å². The van der Waals surface area contributed by atoms with E-state index >= 15 is 0 Å². The van der Waals surface area contributed by atoms with Crippen molar-refractivity contribution in [1.29, 1.82) is 0 Å². The van der Waals surface area contributed by atoms with Gasteiger partial charge in [0.2, 0.25) is 0 Å². The second-order valence-corrected chi connectivity index (χ2v) is 6.93. The van der Waals surface area contributed by atoms with Crippen LogP contribution >= 0.6 is 0 Å². The number of benzene rings is 1. The summed E-state index contributed by atoms with van der Waals surface area (Å²) >= 11 is 0. The number of rotatable bonds is 5. The smallest absolute Gasteiger partial charge is 0.349 e. The maximum absolute atomic E-state index is 12.5. The maximum atomic E-state index is 12.5. The Morgan fingerprint density at radius 3 is 2.54 bits per heavy atom. The lowest BCUT2D eigenvalue weighted by molar-refractivity contribution is 0.0922. The molecule has 1 aromatic carbocycles. The molecule has 1 amide bonds. The number of amides is 1. The Morgan fingerprint density at radius 1 is 1.19 bits per heavy atom. The van der Waals surface area contributed by atoms with E-state index in [0.717, 1.165) is 49.8 Å². The SMILES string of the molecule is CCN(CC)c1ccc2cc(C(=O)NC3CCC(N)CC3)c(=O)oc2c1. The third kappa shape index (κ3) is 3.90. The van der Waals surface area contributed by atoms with Crippen molar-refractivity contribution in [2.45, 2.75) is 51.6 Å². The molecule has 0 spiro atoms. The highest BCUT2D eigenvalue weighted by molar-refractivity contribution is 5.97. The second-order valence-electron chi connectivity index (χ2n) is 6.93. The van der Waals surface area contributed by atoms with E-state index in [2.05, 4.69) is 24.1 Å². The van der Waals surface area contributed by atoms with Crippen molar-refractivity contribution in [2.24, 2.45) is 5.73 Å². The highest BCUT2D eigenvalue weighted by atomic mass is 16.4. The van der Waals surface area contributed by atoms with Gasteiger partial charge in [0.15, 0.2) is 0 Å². The van der Waals surface area contributed by atoms with Crippen molar-refractivity contribution in [1.82, 2.24) is 5.32 Å². The molecule has 1 aliphatic rings. The summed E-state index contributed by atoms with van der Waals surface area (Å²) < 4.78 is 5.44. The molecule has 0 radical (unpaired) electrons. The molecule has 1 saturated carbocycles. The van der Waals surface area contributed by atoms with E-state index in [4.69, 9.17) is 10.2 Å². The third-order valence-electron chi connectivity index (χ3n) is 5.20. The van der Waals surface area contributed by atoms with E-state index in [1.54, 1.807) is 6.07 Å². The molecule has 1 heterocycles. The first kappa shape index (κ1) is 18.5. The van der Waals surface area contributed by atoms with Gasteiger partial charge in [0.1, 0.15) is 11.1 Å². The Labute approximate surface area is 153 Å². The number of hydrogen-bond acceptors (Lipinski definition) is 5. The Kier molecular flexibility index (Phi) is 5.61. The Hall–Kier alpha value is -2.34. The van der Waals surface area contributed by atoms with E-state index in [1.807, 2.05) is 18.2 Å². The molecule has 0 bridgehead atoms. The quantitative estimate of drug-likeness (QED) is 0.803. The van der Waals surface area contributed by atoms with E-state index < -0.39 is 5.63 Å². The lowest BCUT2D eigenvalue weighted by atomic mass is 9.91. The monoisotopic (exact) mass is 357 g/mol. The third-order valence-corrected chi connectivity index (χ3v) is 5.20. The van der Waals surface area contributed by atoms with Gasteiger partial charge >= 0.3 is 5.63 Å². The van der Waals surface area contributed by atoms with Crippen LogP contribution in [0.1, 0.15) is 49.9 Å². The first-order chi connectivity index (χ1) is 12.5. The molecule has 0 saturated heterocycles. The van der Waals surface area contributed by atoms with E-state index in [1.165, 1.54) is 0 Å². The van der Waals surface area contributed by atoms with Crippen LogP contribution in [-0.4, -0.2) is 31.1 Å². The van der Waals surface area contributed by atoms with Crippen molar-refractivity contribution in [3.63, 3.8) is 0 Å². The molecule has 6 nitrogen and oxygen atoms in total. The van der Waals surface area contributed by atoms with Crippen molar-refractivity contribution >= 4 is 22.6 Å². The Bertz CT molecular complexity index is 834. The largest absolute Gasteiger partial charge is 0.422 e. The summed E-state index contributed by atoms with van der Waals surface area (Å²) in [5.41, 5.74) is 6.86. The van der Waals surface area contributed by atoms with Crippen LogP contribution < -0.4 is 21.6 Å². The fourth-order valence-corrected chi connectivity index (χ4v) is 3.57. The van der Waals surface area contributed by atoms with E-state index in [9.17, 15) is 9.59 Å². The van der Waals surface area contributed by atoms with Crippen molar-refractivity contribution in [3.05, 3.63) is 40.2 Å². The van der Waals surface area contributed by atoms with Gasteiger partial charge in [-0.05, 0) is 57.7 Å². The first-order valence-electron chi connectivity index (χ1n) is 9.41. The van der Waals surface area contributed by atoms with Gasteiger partial charge in [-0.3, -0.25) is 4.79 Å². The highest BCUT2D eigenvalue weighted by Gasteiger charge is 2.22. The summed E-state index contributed by atoms with van der Waals surface area (Å²) in [6, 6.07) is 7.64. The summed E-state index contributed by atoms with van der Waals surface area (Å²) in [6.07, 6.45) is 3.48. The molecule has 140 valence electrons. The topological polar surface area (TPSA) is 88.6 Å².